The third-order valence-electron chi connectivity index (χ3n) is 2.78. The van der Waals surface area contributed by atoms with Crippen molar-refractivity contribution in [2.75, 3.05) is 0 Å². The van der Waals surface area contributed by atoms with Gasteiger partial charge in [0.25, 0.3) is 0 Å². The number of aromatic nitrogens is 2. The van der Waals surface area contributed by atoms with Gasteiger partial charge in [-0.3, -0.25) is 4.40 Å². The van der Waals surface area contributed by atoms with Crippen molar-refractivity contribution >= 4 is 16.3 Å². The molecule has 0 fully saturated rings. The summed E-state index contributed by atoms with van der Waals surface area (Å²) in [7, 11) is 0. The molecule has 3 aromatic rings. The van der Waals surface area contributed by atoms with Gasteiger partial charge in [0, 0.05) is 16.8 Å². The van der Waals surface area contributed by atoms with Gasteiger partial charge in [0.05, 0.1) is 0 Å². The van der Waals surface area contributed by atoms with Gasteiger partial charge in [-0.15, -0.1) is 11.3 Å². The van der Waals surface area contributed by atoms with E-state index >= 15 is 0 Å². The Morgan fingerprint density at radius 2 is 2.06 bits per heavy atom. The maximum Gasteiger partial charge on any atom is 0.194 e. The SMILES string of the molecule is Cc1ccc(-c2cn3c(C)c(C)sc3n2)o1. The number of furan rings is 1. The number of hydrogen-bond acceptors (Lipinski definition) is 3. The van der Waals surface area contributed by atoms with E-state index in [4.69, 9.17) is 4.42 Å². The summed E-state index contributed by atoms with van der Waals surface area (Å²) in [6, 6.07) is 3.92. The van der Waals surface area contributed by atoms with Crippen LogP contribution in [0.3, 0.4) is 0 Å². The van der Waals surface area contributed by atoms with Crippen LogP contribution >= 0.6 is 11.3 Å². The maximum absolute atomic E-state index is 5.57. The van der Waals surface area contributed by atoms with Gasteiger partial charge >= 0.3 is 0 Å². The van der Waals surface area contributed by atoms with E-state index in [0.29, 0.717) is 0 Å². The van der Waals surface area contributed by atoms with Crippen molar-refractivity contribution in [3.8, 4) is 11.5 Å². The number of thiazole rings is 1. The Bertz CT molecular complexity index is 660. The largest absolute Gasteiger partial charge is 0.460 e. The van der Waals surface area contributed by atoms with Crippen molar-refractivity contribution in [3.63, 3.8) is 0 Å². The van der Waals surface area contributed by atoms with Crippen molar-refractivity contribution in [1.29, 1.82) is 0 Å². The van der Waals surface area contributed by atoms with Gasteiger partial charge in [-0.05, 0) is 32.9 Å². The van der Waals surface area contributed by atoms with Gasteiger partial charge in [-0.25, -0.2) is 4.98 Å². The molecule has 0 saturated carbocycles. The topological polar surface area (TPSA) is 30.4 Å². The lowest BCUT2D eigenvalue weighted by Gasteiger charge is -1.90. The quantitative estimate of drug-likeness (QED) is 0.642. The molecule has 0 saturated heterocycles. The van der Waals surface area contributed by atoms with Crippen LogP contribution in [0.1, 0.15) is 16.3 Å². The molecule has 0 atom stereocenters. The minimum atomic E-state index is 0.838. The van der Waals surface area contributed by atoms with Gasteiger partial charge < -0.3 is 4.42 Å². The molecule has 16 heavy (non-hydrogen) atoms. The molecule has 3 aromatic heterocycles. The Kier molecular flexibility index (Phi) is 1.94. The fourth-order valence-electron chi connectivity index (χ4n) is 1.75. The molecule has 0 aliphatic rings. The minimum Gasteiger partial charge on any atom is -0.460 e. The molecule has 0 unspecified atom stereocenters. The van der Waals surface area contributed by atoms with Crippen LogP contribution in [0.4, 0.5) is 0 Å². The van der Waals surface area contributed by atoms with Crippen molar-refractivity contribution < 1.29 is 4.42 Å². The second kappa shape index (κ2) is 3.22. The predicted molar refractivity (Wildman–Crippen MR) is 65.0 cm³/mol. The van der Waals surface area contributed by atoms with Gasteiger partial charge in [-0.2, -0.15) is 0 Å². The molecule has 82 valence electrons. The highest BCUT2D eigenvalue weighted by Crippen LogP contribution is 2.27. The molecule has 0 aliphatic carbocycles. The van der Waals surface area contributed by atoms with Crippen LogP contribution in [0.25, 0.3) is 16.4 Å². The van der Waals surface area contributed by atoms with Crippen molar-refractivity contribution in [2.24, 2.45) is 0 Å². The maximum atomic E-state index is 5.57. The number of imidazole rings is 1. The van der Waals surface area contributed by atoms with E-state index in [9.17, 15) is 0 Å². The lowest BCUT2D eigenvalue weighted by Crippen LogP contribution is -1.81. The molecule has 0 bridgehead atoms. The predicted octanol–water partition coefficient (Wildman–Crippen LogP) is 3.58. The first kappa shape index (κ1) is 9.66. The molecule has 0 aliphatic heterocycles. The zero-order valence-electron chi connectivity index (χ0n) is 9.44. The van der Waals surface area contributed by atoms with E-state index in [1.165, 1.54) is 10.6 Å². The summed E-state index contributed by atoms with van der Waals surface area (Å²) in [5, 5.41) is 0. The Morgan fingerprint density at radius 1 is 1.25 bits per heavy atom. The van der Waals surface area contributed by atoms with Gasteiger partial charge in [0.1, 0.15) is 11.5 Å². The zero-order chi connectivity index (χ0) is 11.3. The smallest absolute Gasteiger partial charge is 0.194 e. The number of aryl methyl sites for hydroxylation is 3. The summed E-state index contributed by atoms with van der Waals surface area (Å²) in [5.41, 5.74) is 2.16. The molecular weight excluding hydrogens is 220 g/mol. The van der Waals surface area contributed by atoms with E-state index in [1.807, 2.05) is 25.3 Å². The monoisotopic (exact) mass is 232 g/mol. The Balaban J connectivity index is 2.19. The standard InChI is InChI=1S/C12H12N2OS/c1-7-4-5-11(15-7)10-6-14-8(2)9(3)16-12(14)13-10/h4-6H,1-3H3. The highest BCUT2D eigenvalue weighted by atomic mass is 32.1. The minimum absolute atomic E-state index is 0.838. The van der Waals surface area contributed by atoms with Crippen LogP contribution < -0.4 is 0 Å². The molecule has 0 spiro atoms. The van der Waals surface area contributed by atoms with Gasteiger partial charge in [0.15, 0.2) is 10.7 Å². The molecule has 3 rings (SSSR count). The molecule has 3 nitrogen and oxygen atoms in total. The fraction of sp³-hybridized carbons (Fsp3) is 0.250. The van der Waals surface area contributed by atoms with Crippen LogP contribution in [0.5, 0.6) is 0 Å². The summed E-state index contributed by atoms with van der Waals surface area (Å²) in [6.07, 6.45) is 2.03. The summed E-state index contributed by atoms with van der Waals surface area (Å²) in [5.74, 6) is 1.75. The molecule has 4 heteroatoms. The van der Waals surface area contributed by atoms with Crippen molar-refractivity contribution in [3.05, 3.63) is 34.7 Å². The zero-order valence-corrected chi connectivity index (χ0v) is 10.3. The Hall–Kier alpha value is -1.55. The van der Waals surface area contributed by atoms with Crippen LogP contribution in [0.15, 0.2) is 22.7 Å². The van der Waals surface area contributed by atoms with E-state index in [-0.39, 0.29) is 0 Å². The van der Waals surface area contributed by atoms with Crippen LogP contribution in [-0.2, 0) is 0 Å². The normalized spacial score (nSPS) is 11.4. The van der Waals surface area contributed by atoms with Crippen LogP contribution in [0.2, 0.25) is 0 Å². The van der Waals surface area contributed by atoms with E-state index in [0.717, 1.165) is 22.2 Å². The molecule has 0 aromatic carbocycles. The Labute approximate surface area is 97.4 Å². The second-order valence-electron chi connectivity index (χ2n) is 3.93. The number of nitrogens with zero attached hydrogens (tertiary/aromatic N) is 2. The average Bonchev–Trinajstić information content (AvgIpc) is 2.87. The number of fused-ring (bicyclic) bond motifs is 1. The summed E-state index contributed by atoms with van der Waals surface area (Å²) in [6.45, 7) is 6.17. The van der Waals surface area contributed by atoms with Crippen LogP contribution in [-0.4, -0.2) is 9.38 Å². The molecule has 0 N–H and O–H groups in total. The van der Waals surface area contributed by atoms with E-state index < -0.39 is 0 Å². The summed E-state index contributed by atoms with van der Waals surface area (Å²) < 4.78 is 7.69. The highest BCUT2D eigenvalue weighted by molar-refractivity contribution is 7.17. The summed E-state index contributed by atoms with van der Waals surface area (Å²) in [4.78, 5) is 6.90. The van der Waals surface area contributed by atoms with Crippen molar-refractivity contribution in [1.82, 2.24) is 9.38 Å². The average molecular weight is 232 g/mol. The first-order chi connectivity index (χ1) is 7.65. The third kappa shape index (κ3) is 1.30. The van der Waals surface area contributed by atoms with Gasteiger partial charge in [-0.1, -0.05) is 0 Å². The first-order valence-corrected chi connectivity index (χ1v) is 5.98. The Morgan fingerprint density at radius 3 is 2.69 bits per heavy atom. The van der Waals surface area contributed by atoms with E-state index in [2.05, 4.69) is 23.2 Å². The molecular formula is C12H12N2OS. The highest BCUT2D eigenvalue weighted by Gasteiger charge is 2.11. The van der Waals surface area contributed by atoms with Gasteiger partial charge in [0.2, 0.25) is 0 Å². The summed E-state index contributed by atoms with van der Waals surface area (Å²) >= 11 is 1.71. The molecule has 0 radical (unpaired) electrons. The first-order valence-electron chi connectivity index (χ1n) is 5.17. The molecule has 0 amide bonds. The van der Waals surface area contributed by atoms with Crippen molar-refractivity contribution in [2.45, 2.75) is 20.8 Å². The lowest BCUT2D eigenvalue weighted by molar-refractivity contribution is 0.547. The van der Waals surface area contributed by atoms with E-state index in [1.54, 1.807) is 11.3 Å². The third-order valence-corrected chi connectivity index (χ3v) is 3.85. The number of rotatable bonds is 1. The lowest BCUT2D eigenvalue weighted by atomic mass is 10.3. The number of hydrogen-bond donors (Lipinski definition) is 0. The molecule has 3 heterocycles. The fourth-order valence-corrected chi connectivity index (χ4v) is 2.70. The van der Waals surface area contributed by atoms with Crippen LogP contribution in [0, 0.1) is 20.8 Å². The second-order valence-corrected chi connectivity index (χ2v) is 5.11.